The van der Waals surface area contributed by atoms with Crippen LogP contribution in [0.2, 0.25) is 0 Å². The number of aromatic nitrogens is 2. The number of nitrogens with one attached hydrogen (secondary N) is 2. The first-order chi connectivity index (χ1) is 17.4. The van der Waals surface area contributed by atoms with Gasteiger partial charge < -0.3 is 25.2 Å². The number of carbonyl (C=O) groups is 1. The molecule has 8 nitrogen and oxygen atoms in total. The molecule has 0 bridgehead atoms. The van der Waals surface area contributed by atoms with Gasteiger partial charge in [0.2, 0.25) is 0 Å². The van der Waals surface area contributed by atoms with Crippen LogP contribution >= 0.6 is 0 Å². The first-order valence-corrected chi connectivity index (χ1v) is 12.2. The Hall–Kier alpha value is -3.37. The zero-order valence-corrected chi connectivity index (χ0v) is 20.4. The van der Waals surface area contributed by atoms with Crippen molar-refractivity contribution in [2.75, 3.05) is 56.7 Å². The molecule has 2 fully saturated rings. The fraction of sp³-hybridized carbons (Fsp3) is 0.423. The van der Waals surface area contributed by atoms with Gasteiger partial charge in [0.1, 0.15) is 5.82 Å². The molecule has 1 aromatic heterocycles. The number of amides is 1. The highest BCUT2D eigenvalue weighted by molar-refractivity contribution is 5.98. The Kier molecular flexibility index (Phi) is 6.97. The lowest BCUT2D eigenvalue weighted by Gasteiger charge is -2.28. The number of likely N-dealkylation sites (N-methyl/N-ethyl adjacent to an activating group) is 1. The molecule has 0 saturated carbocycles. The summed E-state index contributed by atoms with van der Waals surface area (Å²) in [5, 5.41) is 6.46. The smallest absolute Gasteiger partial charge is 0.253 e. The molecule has 36 heavy (non-hydrogen) atoms. The standard InChI is InChI=1S/C26H30F2N6O2/c1-16(31-18-3-4-21(27)22(28)13-18)20-11-17(26(35)34-6-5-19(15-34)29-2)12-23-25(20)32-24(14-30-23)33-7-9-36-10-8-33/h3-4,11-14,16,19,29,31H,5-10,15H2,1-2H3. The van der Waals surface area contributed by atoms with E-state index in [4.69, 9.17) is 9.72 Å². The normalized spacial score (nSPS) is 19.1. The summed E-state index contributed by atoms with van der Waals surface area (Å²) in [6.07, 6.45) is 2.63. The van der Waals surface area contributed by atoms with E-state index in [1.165, 1.54) is 6.07 Å². The SMILES string of the molecule is CNC1CCN(C(=O)c2cc(C(C)Nc3ccc(F)c(F)c3)c3nc(N4CCOCC4)cnc3c2)C1. The maximum Gasteiger partial charge on any atom is 0.253 e. The summed E-state index contributed by atoms with van der Waals surface area (Å²) in [6.45, 7) is 5.91. The number of anilines is 2. The van der Waals surface area contributed by atoms with E-state index in [-0.39, 0.29) is 18.0 Å². The molecule has 2 aliphatic heterocycles. The number of hydrogen-bond acceptors (Lipinski definition) is 7. The summed E-state index contributed by atoms with van der Waals surface area (Å²) < 4.78 is 32.7. The van der Waals surface area contributed by atoms with Gasteiger partial charge in [-0.25, -0.2) is 13.8 Å². The highest BCUT2D eigenvalue weighted by Gasteiger charge is 2.27. The van der Waals surface area contributed by atoms with E-state index in [0.29, 0.717) is 48.6 Å². The van der Waals surface area contributed by atoms with Gasteiger partial charge in [-0.15, -0.1) is 0 Å². The predicted molar refractivity (Wildman–Crippen MR) is 134 cm³/mol. The number of carbonyl (C=O) groups excluding carboxylic acids is 1. The molecule has 2 aromatic carbocycles. The summed E-state index contributed by atoms with van der Waals surface area (Å²) in [4.78, 5) is 26.9. The zero-order valence-electron chi connectivity index (χ0n) is 20.4. The maximum atomic E-state index is 13.8. The third-order valence-corrected chi connectivity index (χ3v) is 6.90. The van der Waals surface area contributed by atoms with Gasteiger partial charge in [-0.2, -0.15) is 0 Å². The number of rotatable bonds is 6. The molecular weight excluding hydrogens is 466 g/mol. The van der Waals surface area contributed by atoms with Crippen LogP contribution in [0.4, 0.5) is 20.3 Å². The first kappa shape index (κ1) is 24.3. The highest BCUT2D eigenvalue weighted by Crippen LogP contribution is 2.30. The van der Waals surface area contributed by atoms with E-state index in [2.05, 4.69) is 20.5 Å². The van der Waals surface area contributed by atoms with Crippen LogP contribution in [0.3, 0.4) is 0 Å². The van der Waals surface area contributed by atoms with Crippen molar-refractivity contribution < 1.29 is 18.3 Å². The molecule has 2 N–H and O–H groups in total. The van der Waals surface area contributed by atoms with E-state index < -0.39 is 11.6 Å². The van der Waals surface area contributed by atoms with Gasteiger partial charge >= 0.3 is 0 Å². The van der Waals surface area contributed by atoms with Gasteiger partial charge in [0, 0.05) is 55.1 Å². The molecule has 0 radical (unpaired) electrons. The second-order valence-corrected chi connectivity index (χ2v) is 9.28. The second kappa shape index (κ2) is 10.3. The fourth-order valence-corrected chi connectivity index (χ4v) is 4.81. The molecule has 0 spiro atoms. The molecule has 5 rings (SSSR count). The Morgan fingerprint density at radius 2 is 1.94 bits per heavy atom. The Morgan fingerprint density at radius 3 is 2.67 bits per heavy atom. The van der Waals surface area contributed by atoms with Crippen LogP contribution in [0, 0.1) is 11.6 Å². The number of nitrogens with zero attached hydrogens (tertiary/aromatic N) is 4. The lowest BCUT2D eigenvalue weighted by Crippen LogP contribution is -2.36. The van der Waals surface area contributed by atoms with Crippen molar-refractivity contribution in [3.63, 3.8) is 0 Å². The molecule has 2 atom stereocenters. The monoisotopic (exact) mass is 496 g/mol. The van der Waals surface area contributed by atoms with Crippen molar-refractivity contribution in [1.82, 2.24) is 20.2 Å². The van der Waals surface area contributed by atoms with Crippen LogP contribution in [0.15, 0.2) is 36.5 Å². The van der Waals surface area contributed by atoms with Crippen molar-refractivity contribution in [3.8, 4) is 0 Å². The van der Waals surface area contributed by atoms with E-state index in [9.17, 15) is 13.6 Å². The quantitative estimate of drug-likeness (QED) is 0.542. The van der Waals surface area contributed by atoms with Crippen LogP contribution in [-0.4, -0.2) is 73.3 Å². The van der Waals surface area contributed by atoms with Crippen molar-refractivity contribution in [1.29, 1.82) is 0 Å². The number of likely N-dealkylation sites (tertiary alicyclic amines) is 1. The second-order valence-electron chi connectivity index (χ2n) is 9.28. The Morgan fingerprint density at radius 1 is 1.14 bits per heavy atom. The summed E-state index contributed by atoms with van der Waals surface area (Å²) in [5.41, 5.74) is 2.98. The number of halogens is 2. The molecule has 2 saturated heterocycles. The maximum absolute atomic E-state index is 13.8. The highest BCUT2D eigenvalue weighted by atomic mass is 19.2. The lowest BCUT2D eigenvalue weighted by molar-refractivity contribution is 0.0789. The van der Waals surface area contributed by atoms with Crippen molar-refractivity contribution in [3.05, 3.63) is 59.3 Å². The number of benzene rings is 2. The molecule has 190 valence electrons. The van der Waals surface area contributed by atoms with Gasteiger partial charge in [0.15, 0.2) is 11.6 Å². The Labute approximate surface area is 208 Å². The minimum absolute atomic E-state index is 0.0602. The first-order valence-electron chi connectivity index (χ1n) is 12.2. The molecule has 0 aliphatic carbocycles. The predicted octanol–water partition coefficient (Wildman–Crippen LogP) is 3.35. The lowest BCUT2D eigenvalue weighted by atomic mass is 10.0. The van der Waals surface area contributed by atoms with Crippen LogP contribution in [0.25, 0.3) is 11.0 Å². The Balaban J connectivity index is 1.53. The molecular formula is C26H30F2N6O2. The molecule has 2 unspecified atom stereocenters. The average Bonchev–Trinajstić information content (AvgIpc) is 3.39. The van der Waals surface area contributed by atoms with Crippen LogP contribution in [0.5, 0.6) is 0 Å². The van der Waals surface area contributed by atoms with E-state index in [0.717, 1.165) is 43.0 Å². The minimum Gasteiger partial charge on any atom is -0.378 e. The molecule has 1 amide bonds. The molecule has 3 heterocycles. The number of hydrogen-bond donors (Lipinski definition) is 2. The minimum atomic E-state index is -0.927. The number of ether oxygens (including phenoxy) is 1. The molecule has 10 heteroatoms. The third-order valence-electron chi connectivity index (χ3n) is 6.90. The van der Waals surface area contributed by atoms with Gasteiger partial charge in [-0.3, -0.25) is 9.78 Å². The summed E-state index contributed by atoms with van der Waals surface area (Å²) >= 11 is 0. The third kappa shape index (κ3) is 4.96. The largest absolute Gasteiger partial charge is 0.378 e. The van der Waals surface area contributed by atoms with Crippen LogP contribution < -0.4 is 15.5 Å². The number of fused-ring (bicyclic) bond motifs is 1. The summed E-state index contributed by atoms with van der Waals surface area (Å²) in [6, 6.07) is 7.24. The summed E-state index contributed by atoms with van der Waals surface area (Å²) in [5.74, 6) is -1.15. The fourth-order valence-electron chi connectivity index (χ4n) is 4.81. The average molecular weight is 497 g/mol. The zero-order chi connectivity index (χ0) is 25.2. The van der Waals surface area contributed by atoms with E-state index >= 15 is 0 Å². The topological polar surface area (TPSA) is 82.6 Å². The molecule has 3 aromatic rings. The van der Waals surface area contributed by atoms with Gasteiger partial charge in [-0.05, 0) is 44.7 Å². The van der Waals surface area contributed by atoms with Crippen molar-refractivity contribution in [2.45, 2.75) is 25.4 Å². The van der Waals surface area contributed by atoms with Crippen LogP contribution in [0.1, 0.15) is 35.3 Å². The Bertz CT molecular complexity index is 1270. The number of morpholine rings is 1. The van der Waals surface area contributed by atoms with Crippen molar-refractivity contribution in [2.24, 2.45) is 0 Å². The van der Waals surface area contributed by atoms with Gasteiger partial charge in [-0.1, -0.05) is 0 Å². The van der Waals surface area contributed by atoms with Crippen molar-refractivity contribution >= 4 is 28.4 Å². The molecule has 2 aliphatic rings. The van der Waals surface area contributed by atoms with Crippen LogP contribution in [-0.2, 0) is 4.74 Å². The van der Waals surface area contributed by atoms with Gasteiger partial charge in [0.05, 0.1) is 36.5 Å². The van der Waals surface area contributed by atoms with Gasteiger partial charge in [0.25, 0.3) is 5.91 Å². The summed E-state index contributed by atoms with van der Waals surface area (Å²) in [7, 11) is 1.90. The van der Waals surface area contributed by atoms with E-state index in [1.54, 1.807) is 12.3 Å². The van der Waals surface area contributed by atoms with E-state index in [1.807, 2.05) is 24.9 Å².